The first-order valence-electron chi connectivity index (χ1n) is 5.17. The molecule has 0 aliphatic rings. The van der Waals surface area contributed by atoms with Gasteiger partial charge in [-0.3, -0.25) is 5.10 Å². The topological polar surface area (TPSA) is 79.0 Å². The van der Waals surface area contributed by atoms with Crippen molar-refractivity contribution in [1.29, 1.82) is 0 Å². The van der Waals surface area contributed by atoms with Gasteiger partial charge in [-0.15, -0.1) is 0 Å². The molecule has 0 radical (unpaired) electrons. The second-order valence-corrected chi connectivity index (χ2v) is 6.54. The highest BCUT2D eigenvalue weighted by Gasteiger charge is 2.25. The van der Waals surface area contributed by atoms with E-state index in [1.54, 1.807) is 0 Å². The number of sulfonamides is 1. The van der Waals surface area contributed by atoms with Crippen LogP contribution in [0.25, 0.3) is 0 Å². The zero-order valence-corrected chi connectivity index (χ0v) is 12.2. The Morgan fingerprint density at radius 1 is 1.37 bits per heavy atom. The maximum atomic E-state index is 12.4. The molecule has 0 saturated heterocycles. The Balaban J connectivity index is 2.34. The number of halogens is 2. The second-order valence-electron chi connectivity index (χ2n) is 3.75. The van der Waals surface area contributed by atoms with E-state index in [0.717, 1.165) is 4.31 Å². The largest absolute Gasteiger partial charge is 0.262 e. The van der Waals surface area contributed by atoms with Crippen LogP contribution in [0.4, 0.5) is 0 Å². The van der Waals surface area contributed by atoms with Crippen LogP contribution in [0.3, 0.4) is 0 Å². The van der Waals surface area contributed by atoms with Gasteiger partial charge in [0.2, 0.25) is 10.0 Å². The average Bonchev–Trinajstić information content (AvgIpc) is 2.85. The molecular formula is C10H10Cl2N4O2S. The van der Waals surface area contributed by atoms with Gasteiger partial charge in [0, 0.05) is 7.05 Å². The number of hydrogen-bond acceptors (Lipinski definition) is 4. The monoisotopic (exact) mass is 320 g/mol. The van der Waals surface area contributed by atoms with E-state index in [1.165, 1.54) is 31.6 Å². The van der Waals surface area contributed by atoms with E-state index in [1.807, 2.05) is 0 Å². The molecule has 0 aliphatic carbocycles. The minimum absolute atomic E-state index is 0.00795. The smallest absolute Gasteiger partial charge is 0.244 e. The molecule has 0 amide bonds. The van der Waals surface area contributed by atoms with E-state index < -0.39 is 10.0 Å². The summed E-state index contributed by atoms with van der Waals surface area (Å²) in [5.74, 6) is 0.434. The summed E-state index contributed by atoms with van der Waals surface area (Å²) in [6, 6.07) is 4.46. The summed E-state index contributed by atoms with van der Waals surface area (Å²) in [6.45, 7) is 0.0607. The highest BCUT2D eigenvalue weighted by molar-refractivity contribution is 7.89. The first-order chi connectivity index (χ1) is 8.93. The van der Waals surface area contributed by atoms with Gasteiger partial charge in [-0.25, -0.2) is 13.4 Å². The maximum Gasteiger partial charge on any atom is 0.244 e. The Morgan fingerprint density at radius 2 is 2.11 bits per heavy atom. The number of H-pyrrole nitrogens is 1. The number of aromatic amines is 1. The lowest BCUT2D eigenvalue weighted by molar-refractivity contribution is 0.457. The fourth-order valence-corrected chi connectivity index (χ4v) is 3.32. The zero-order valence-electron chi connectivity index (χ0n) is 9.84. The minimum Gasteiger partial charge on any atom is -0.262 e. The van der Waals surface area contributed by atoms with Gasteiger partial charge in [-0.1, -0.05) is 29.3 Å². The maximum absolute atomic E-state index is 12.4. The lowest BCUT2D eigenvalue weighted by Gasteiger charge is -2.16. The zero-order chi connectivity index (χ0) is 14.0. The first kappa shape index (κ1) is 14.3. The van der Waals surface area contributed by atoms with Crippen LogP contribution < -0.4 is 0 Å². The molecule has 1 heterocycles. The second kappa shape index (κ2) is 5.46. The normalized spacial score (nSPS) is 12.0. The summed E-state index contributed by atoms with van der Waals surface area (Å²) < 4.78 is 25.8. The Morgan fingerprint density at radius 3 is 2.74 bits per heavy atom. The van der Waals surface area contributed by atoms with Crippen LogP contribution in [0.1, 0.15) is 5.82 Å². The molecule has 0 saturated carbocycles. The highest BCUT2D eigenvalue weighted by Crippen LogP contribution is 2.30. The molecular weight excluding hydrogens is 311 g/mol. The van der Waals surface area contributed by atoms with Crippen LogP contribution in [0.5, 0.6) is 0 Å². The van der Waals surface area contributed by atoms with Crippen LogP contribution in [-0.2, 0) is 16.6 Å². The molecule has 0 spiro atoms. The predicted molar refractivity (Wildman–Crippen MR) is 71.5 cm³/mol. The molecule has 9 heteroatoms. The fraction of sp³-hybridized carbons (Fsp3) is 0.200. The summed E-state index contributed by atoms with van der Waals surface area (Å²) in [7, 11) is -2.31. The van der Waals surface area contributed by atoms with Gasteiger partial charge in [0.1, 0.15) is 17.0 Å². The van der Waals surface area contributed by atoms with E-state index in [4.69, 9.17) is 23.2 Å². The molecule has 102 valence electrons. The predicted octanol–water partition coefficient (Wildman–Crippen LogP) is 1.93. The molecule has 1 aromatic heterocycles. The number of rotatable bonds is 4. The van der Waals surface area contributed by atoms with Crippen molar-refractivity contribution in [2.75, 3.05) is 7.05 Å². The van der Waals surface area contributed by atoms with Crippen molar-refractivity contribution < 1.29 is 8.42 Å². The number of nitrogens with one attached hydrogen (secondary N) is 1. The van der Waals surface area contributed by atoms with E-state index in [0.29, 0.717) is 5.82 Å². The Bertz CT molecular complexity index is 673. The van der Waals surface area contributed by atoms with E-state index >= 15 is 0 Å². The molecule has 1 aromatic carbocycles. The van der Waals surface area contributed by atoms with Gasteiger partial charge < -0.3 is 0 Å². The molecule has 0 unspecified atom stereocenters. The third-order valence-corrected chi connectivity index (χ3v) is 5.22. The van der Waals surface area contributed by atoms with Crippen molar-refractivity contribution in [3.8, 4) is 0 Å². The molecule has 2 aromatic rings. The number of aromatic nitrogens is 3. The standard InChI is InChI=1S/C10H10Cl2N4O2S/c1-16(5-9-13-6-14-15-9)19(17,18)8-4-2-3-7(11)10(8)12/h2-4,6H,5H2,1H3,(H,13,14,15). The third kappa shape index (κ3) is 2.89. The van der Waals surface area contributed by atoms with Crippen molar-refractivity contribution in [2.24, 2.45) is 0 Å². The molecule has 0 fully saturated rings. The Kier molecular flexibility index (Phi) is 4.10. The van der Waals surface area contributed by atoms with E-state index in [-0.39, 0.29) is 21.5 Å². The number of hydrogen-bond donors (Lipinski definition) is 1. The van der Waals surface area contributed by atoms with Crippen LogP contribution in [0, 0.1) is 0 Å². The molecule has 0 aliphatic heterocycles. The lowest BCUT2D eigenvalue weighted by atomic mass is 10.4. The molecule has 0 bridgehead atoms. The number of nitrogens with zero attached hydrogens (tertiary/aromatic N) is 3. The fourth-order valence-electron chi connectivity index (χ4n) is 1.45. The van der Waals surface area contributed by atoms with Crippen molar-refractivity contribution >= 4 is 33.2 Å². The van der Waals surface area contributed by atoms with Crippen molar-refractivity contribution in [3.63, 3.8) is 0 Å². The number of benzene rings is 1. The van der Waals surface area contributed by atoms with Crippen LogP contribution in [-0.4, -0.2) is 35.0 Å². The van der Waals surface area contributed by atoms with E-state index in [2.05, 4.69) is 15.2 Å². The summed E-state index contributed by atoms with van der Waals surface area (Å²) >= 11 is 11.8. The van der Waals surface area contributed by atoms with Gasteiger partial charge >= 0.3 is 0 Å². The third-order valence-electron chi connectivity index (χ3n) is 2.44. The van der Waals surface area contributed by atoms with E-state index in [9.17, 15) is 8.42 Å². The van der Waals surface area contributed by atoms with Gasteiger partial charge in [0.25, 0.3) is 0 Å². The molecule has 1 N–H and O–H groups in total. The Labute approximate surface area is 120 Å². The van der Waals surface area contributed by atoms with Crippen molar-refractivity contribution in [1.82, 2.24) is 19.5 Å². The SMILES string of the molecule is CN(Cc1ncn[nH]1)S(=O)(=O)c1cccc(Cl)c1Cl. The summed E-state index contributed by atoms with van der Waals surface area (Å²) in [6.07, 6.45) is 1.31. The first-order valence-corrected chi connectivity index (χ1v) is 7.37. The molecule has 19 heavy (non-hydrogen) atoms. The quantitative estimate of drug-likeness (QED) is 0.933. The van der Waals surface area contributed by atoms with Crippen LogP contribution >= 0.6 is 23.2 Å². The van der Waals surface area contributed by atoms with Gasteiger partial charge in [-0.2, -0.15) is 9.40 Å². The minimum atomic E-state index is -3.74. The van der Waals surface area contributed by atoms with Gasteiger partial charge in [-0.05, 0) is 12.1 Å². The summed E-state index contributed by atoms with van der Waals surface area (Å²) in [5, 5.41) is 6.45. The summed E-state index contributed by atoms with van der Waals surface area (Å²) in [4.78, 5) is 3.83. The average molecular weight is 321 g/mol. The van der Waals surface area contributed by atoms with Crippen LogP contribution in [0.15, 0.2) is 29.4 Å². The van der Waals surface area contributed by atoms with Gasteiger partial charge in [0.05, 0.1) is 16.6 Å². The molecule has 0 atom stereocenters. The van der Waals surface area contributed by atoms with Crippen molar-refractivity contribution in [2.45, 2.75) is 11.4 Å². The highest BCUT2D eigenvalue weighted by atomic mass is 35.5. The van der Waals surface area contributed by atoms with Crippen LogP contribution in [0.2, 0.25) is 10.0 Å². The van der Waals surface area contributed by atoms with Crippen molar-refractivity contribution in [3.05, 3.63) is 40.4 Å². The lowest BCUT2D eigenvalue weighted by Crippen LogP contribution is -2.27. The summed E-state index contributed by atoms with van der Waals surface area (Å²) in [5.41, 5.74) is 0. The Hall–Kier alpha value is -1.15. The van der Waals surface area contributed by atoms with Gasteiger partial charge in [0.15, 0.2) is 0 Å². The molecule has 2 rings (SSSR count). The molecule has 6 nitrogen and oxygen atoms in total.